The van der Waals surface area contributed by atoms with Gasteiger partial charge in [-0.15, -0.1) is 10.2 Å². The zero-order chi connectivity index (χ0) is 30.6. The van der Waals surface area contributed by atoms with Crippen molar-refractivity contribution in [2.45, 2.75) is 16.1 Å². The number of methoxy groups -OCH3 is 1. The van der Waals surface area contributed by atoms with Crippen LogP contribution in [0.15, 0.2) is 113 Å². The van der Waals surface area contributed by atoms with E-state index < -0.39 is 29.3 Å². The first-order valence-electron chi connectivity index (χ1n) is 13.4. The molecular weight excluding hydrogens is 602 g/mol. The SMILES string of the molecule is COc1ccc(/C(O)=C2\C(=O)C(=O)N(c3nnc(SCc4ccccc4)s3)C2c2cccc(Oc3ccccc3)c2)cc1F. The normalized spacial score (nSPS) is 15.9. The molecule has 11 heteroatoms. The first kappa shape index (κ1) is 29.1. The molecule has 5 aromatic rings. The van der Waals surface area contributed by atoms with E-state index in [0.717, 1.165) is 23.0 Å². The van der Waals surface area contributed by atoms with E-state index in [1.54, 1.807) is 36.4 Å². The fourth-order valence-corrected chi connectivity index (χ4v) is 6.59. The third kappa shape index (κ3) is 5.92. The van der Waals surface area contributed by atoms with Gasteiger partial charge in [0.25, 0.3) is 5.78 Å². The minimum atomic E-state index is -1.10. The van der Waals surface area contributed by atoms with Crippen LogP contribution >= 0.6 is 23.1 Å². The van der Waals surface area contributed by atoms with Crippen molar-refractivity contribution in [1.29, 1.82) is 0 Å². The summed E-state index contributed by atoms with van der Waals surface area (Å²) in [5.74, 6) is -1.44. The summed E-state index contributed by atoms with van der Waals surface area (Å²) < 4.78 is 26.2. The van der Waals surface area contributed by atoms with Gasteiger partial charge in [0, 0.05) is 11.3 Å². The third-order valence-corrected chi connectivity index (χ3v) is 8.96. The van der Waals surface area contributed by atoms with Crippen molar-refractivity contribution < 1.29 is 28.6 Å². The highest BCUT2D eigenvalue weighted by Gasteiger charge is 2.48. The third-order valence-electron chi connectivity index (χ3n) is 6.83. The Bertz CT molecular complexity index is 1860. The lowest BCUT2D eigenvalue weighted by molar-refractivity contribution is -0.132. The maximum atomic E-state index is 14.6. The molecule has 0 aliphatic carbocycles. The van der Waals surface area contributed by atoms with Crippen LogP contribution in [-0.2, 0) is 15.3 Å². The van der Waals surface area contributed by atoms with Gasteiger partial charge < -0.3 is 14.6 Å². The highest BCUT2D eigenvalue weighted by molar-refractivity contribution is 8.00. The highest BCUT2D eigenvalue weighted by atomic mass is 32.2. The summed E-state index contributed by atoms with van der Waals surface area (Å²) in [6.45, 7) is 0. The molecule has 0 bridgehead atoms. The molecule has 0 radical (unpaired) electrons. The van der Waals surface area contributed by atoms with Crippen LogP contribution in [0.5, 0.6) is 17.2 Å². The van der Waals surface area contributed by atoms with E-state index >= 15 is 0 Å². The Kier molecular flexibility index (Phi) is 8.40. The average Bonchev–Trinajstić information content (AvgIpc) is 3.62. The van der Waals surface area contributed by atoms with Crippen molar-refractivity contribution in [3.63, 3.8) is 0 Å². The number of ether oxygens (including phenoxy) is 2. The number of ketones is 1. The molecule has 1 amide bonds. The van der Waals surface area contributed by atoms with E-state index in [1.165, 1.54) is 35.9 Å². The van der Waals surface area contributed by atoms with Crippen LogP contribution < -0.4 is 14.4 Å². The van der Waals surface area contributed by atoms with Gasteiger partial charge in [-0.1, -0.05) is 83.8 Å². The molecule has 1 unspecified atom stereocenters. The molecule has 1 aliphatic rings. The lowest BCUT2D eigenvalue weighted by Crippen LogP contribution is -2.29. The van der Waals surface area contributed by atoms with Crippen molar-refractivity contribution in [1.82, 2.24) is 10.2 Å². The van der Waals surface area contributed by atoms with Crippen molar-refractivity contribution in [3.8, 4) is 17.2 Å². The number of aliphatic hydroxyl groups is 1. The van der Waals surface area contributed by atoms with Gasteiger partial charge in [-0.05, 0) is 53.6 Å². The van der Waals surface area contributed by atoms with Gasteiger partial charge >= 0.3 is 5.91 Å². The number of para-hydroxylation sites is 1. The largest absolute Gasteiger partial charge is 0.507 e. The number of thioether (sulfide) groups is 1. The predicted molar refractivity (Wildman–Crippen MR) is 167 cm³/mol. The molecule has 1 aliphatic heterocycles. The second kappa shape index (κ2) is 12.7. The van der Waals surface area contributed by atoms with Crippen LogP contribution in [0.4, 0.5) is 9.52 Å². The molecule has 0 spiro atoms. The number of hydrogen-bond acceptors (Lipinski definition) is 9. The second-order valence-electron chi connectivity index (χ2n) is 9.63. The molecule has 1 saturated heterocycles. The van der Waals surface area contributed by atoms with E-state index in [0.29, 0.717) is 27.2 Å². The van der Waals surface area contributed by atoms with Crippen molar-refractivity contribution in [2.24, 2.45) is 0 Å². The summed E-state index contributed by atoms with van der Waals surface area (Å²) in [4.78, 5) is 28.4. The molecule has 220 valence electrons. The number of Topliss-reactive ketones (excluding diaryl/α,β-unsaturated/α-hetero) is 1. The molecule has 1 N–H and O–H groups in total. The van der Waals surface area contributed by atoms with Crippen molar-refractivity contribution in [2.75, 3.05) is 12.0 Å². The number of amides is 1. The van der Waals surface area contributed by atoms with Crippen molar-refractivity contribution >= 4 is 45.7 Å². The molecule has 1 fully saturated rings. The van der Waals surface area contributed by atoms with Gasteiger partial charge in [0.05, 0.1) is 18.7 Å². The molecule has 6 rings (SSSR count). The number of anilines is 1. The Morgan fingerprint density at radius 3 is 2.39 bits per heavy atom. The number of benzene rings is 4. The van der Waals surface area contributed by atoms with Crippen LogP contribution in [0.1, 0.15) is 22.7 Å². The summed E-state index contributed by atoms with van der Waals surface area (Å²) in [7, 11) is 1.32. The number of carbonyl (C=O) groups excluding carboxylic acids is 2. The average molecular weight is 626 g/mol. The van der Waals surface area contributed by atoms with Gasteiger partial charge in [-0.3, -0.25) is 14.5 Å². The van der Waals surface area contributed by atoms with Crippen LogP contribution in [0.25, 0.3) is 5.76 Å². The van der Waals surface area contributed by atoms with Crippen LogP contribution in [0.3, 0.4) is 0 Å². The summed E-state index contributed by atoms with van der Waals surface area (Å²) in [5, 5.41) is 20.1. The smallest absolute Gasteiger partial charge is 0.301 e. The van der Waals surface area contributed by atoms with Gasteiger partial charge in [0.1, 0.15) is 17.3 Å². The number of aromatic nitrogens is 2. The fourth-order valence-electron chi connectivity index (χ4n) is 4.76. The summed E-state index contributed by atoms with van der Waals surface area (Å²) in [6.07, 6.45) is 0. The van der Waals surface area contributed by atoms with E-state index in [1.807, 2.05) is 48.5 Å². The lowest BCUT2D eigenvalue weighted by Gasteiger charge is -2.23. The van der Waals surface area contributed by atoms with E-state index in [9.17, 15) is 19.1 Å². The number of rotatable bonds is 9. The first-order valence-corrected chi connectivity index (χ1v) is 15.2. The standard InChI is InChI=1S/C33H24FN3O5S2/c1-41-26-16-15-22(18-25(26)34)29(38)27-28(21-11-8-14-24(17-21)42-23-12-6-3-7-13-23)37(31(40)30(27)39)32-35-36-33(44-32)43-19-20-9-4-2-5-10-20/h2-18,28,38H,19H2,1H3/b29-27+. The zero-order valence-corrected chi connectivity index (χ0v) is 24.8. The molecule has 1 aromatic heterocycles. The summed E-state index contributed by atoms with van der Waals surface area (Å²) >= 11 is 2.61. The van der Waals surface area contributed by atoms with Crippen LogP contribution in [0, 0.1) is 5.82 Å². The Labute approximate surface area is 260 Å². The molecular formula is C33H24FN3O5S2. The number of nitrogens with zero attached hydrogens (tertiary/aromatic N) is 3. The molecule has 8 nitrogen and oxygen atoms in total. The molecule has 4 aromatic carbocycles. The Balaban J connectivity index is 1.42. The summed E-state index contributed by atoms with van der Waals surface area (Å²) in [5.41, 5.74) is 1.36. The minimum Gasteiger partial charge on any atom is -0.507 e. The number of carbonyl (C=O) groups is 2. The Hall–Kier alpha value is -5.00. The van der Waals surface area contributed by atoms with Gasteiger partial charge in [-0.2, -0.15) is 0 Å². The Morgan fingerprint density at radius 1 is 0.932 bits per heavy atom. The number of aliphatic hydroxyl groups excluding tert-OH is 1. The monoisotopic (exact) mass is 625 g/mol. The quantitative estimate of drug-likeness (QED) is 0.0595. The topological polar surface area (TPSA) is 102 Å². The maximum absolute atomic E-state index is 14.6. The number of halogens is 1. The lowest BCUT2D eigenvalue weighted by atomic mass is 9.95. The van der Waals surface area contributed by atoms with E-state index in [4.69, 9.17) is 9.47 Å². The zero-order valence-electron chi connectivity index (χ0n) is 23.2. The van der Waals surface area contributed by atoms with Crippen molar-refractivity contribution in [3.05, 3.63) is 131 Å². The van der Waals surface area contributed by atoms with Crippen LogP contribution in [0.2, 0.25) is 0 Å². The first-order chi connectivity index (χ1) is 21.4. The molecule has 2 heterocycles. The maximum Gasteiger partial charge on any atom is 0.301 e. The summed E-state index contributed by atoms with van der Waals surface area (Å²) in [6, 6.07) is 28.6. The fraction of sp³-hybridized carbons (Fsp3) is 0.0909. The van der Waals surface area contributed by atoms with E-state index in [2.05, 4.69) is 10.2 Å². The molecule has 0 saturated carbocycles. The number of hydrogen-bond donors (Lipinski definition) is 1. The van der Waals surface area contributed by atoms with Gasteiger partial charge in [0.15, 0.2) is 15.9 Å². The van der Waals surface area contributed by atoms with Gasteiger partial charge in [-0.25, -0.2) is 4.39 Å². The highest BCUT2D eigenvalue weighted by Crippen LogP contribution is 2.45. The Morgan fingerprint density at radius 2 is 1.66 bits per heavy atom. The van der Waals surface area contributed by atoms with Crippen LogP contribution in [-0.4, -0.2) is 34.1 Å². The predicted octanol–water partition coefficient (Wildman–Crippen LogP) is 7.40. The minimum absolute atomic E-state index is 0.0133. The van der Waals surface area contributed by atoms with E-state index in [-0.39, 0.29) is 22.0 Å². The molecule has 44 heavy (non-hydrogen) atoms. The molecule has 1 atom stereocenters. The second-order valence-corrected chi connectivity index (χ2v) is 11.8. The van der Waals surface area contributed by atoms with Gasteiger partial charge in [0.2, 0.25) is 5.13 Å².